The van der Waals surface area contributed by atoms with Crippen molar-refractivity contribution in [3.05, 3.63) is 80.9 Å². The monoisotopic (exact) mass is 486 g/mol. The van der Waals surface area contributed by atoms with Gasteiger partial charge in [-0.1, -0.05) is 29.3 Å². The molecule has 0 unspecified atom stereocenters. The van der Waals surface area contributed by atoms with Crippen molar-refractivity contribution in [2.24, 2.45) is 4.99 Å². The maximum absolute atomic E-state index is 12.9. The third kappa shape index (κ3) is 4.60. The second kappa shape index (κ2) is 9.24. The zero-order valence-corrected chi connectivity index (χ0v) is 19.0. The molecular weight excluding hydrogens is 471 g/mol. The first-order valence-electron chi connectivity index (χ1n) is 9.54. The summed E-state index contributed by atoms with van der Waals surface area (Å²) >= 11 is 13.5. The molecule has 0 atom stereocenters. The van der Waals surface area contributed by atoms with E-state index in [0.29, 0.717) is 49.4 Å². The van der Waals surface area contributed by atoms with Crippen molar-refractivity contribution in [1.82, 2.24) is 4.90 Å². The highest BCUT2D eigenvalue weighted by molar-refractivity contribution is 8.18. The number of rotatable bonds is 5. The highest BCUT2D eigenvalue weighted by Crippen LogP contribution is 2.36. The summed E-state index contributed by atoms with van der Waals surface area (Å²) in [7, 11) is 0. The van der Waals surface area contributed by atoms with Gasteiger partial charge in [0, 0.05) is 23.2 Å². The van der Waals surface area contributed by atoms with E-state index in [0.717, 1.165) is 0 Å². The molecule has 2 heterocycles. The number of hydrogen-bond acceptors (Lipinski definition) is 5. The van der Waals surface area contributed by atoms with Gasteiger partial charge in [-0.25, -0.2) is 9.79 Å². The number of carbonyl (C=O) groups excluding carboxylic acids is 1. The summed E-state index contributed by atoms with van der Waals surface area (Å²) < 4.78 is 5.87. The second-order valence-electron chi connectivity index (χ2n) is 6.74. The summed E-state index contributed by atoms with van der Waals surface area (Å²) in [6.07, 6.45) is 1.65. The minimum Gasteiger partial charge on any atom is -0.478 e. The van der Waals surface area contributed by atoms with E-state index in [2.05, 4.69) is 4.99 Å². The number of nitrogens with zero attached hydrogens (tertiary/aromatic N) is 2. The third-order valence-electron chi connectivity index (χ3n) is 4.62. The van der Waals surface area contributed by atoms with Crippen LogP contribution in [0.1, 0.15) is 23.0 Å². The molecule has 0 spiro atoms. The maximum Gasteiger partial charge on any atom is 0.335 e. The number of carboxylic acid groups (broad SMARTS) is 1. The molecule has 6 nitrogen and oxygen atoms in total. The van der Waals surface area contributed by atoms with Crippen LogP contribution in [0.15, 0.2) is 68.9 Å². The van der Waals surface area contributed by atoms with Crippen molar-refractivity contribution in [3.8, 4) is 11.3 Å². The van der Waals surface area contributed by atoms with Crippen molar-refractivity contribution in [2.75, 3.05) is 6.54 Å². The van der Waals surface area contributed by atoms with E-state index >= 15 is 0 Å². The minimum atomic E-state index is -1.04. The number of amidine groups is 1. The van der Waals surface area contributed by atoms with Gasteiger partial charge < -0.3 is 9.52 Å². The van der Waals surface area contributed by atoms with Gasteiger partial charge in [0.1, 0.15) is 11.5 Å². The van der Waals surface area contributed by atoms with Crippen molar-refractivity contribution in [3.63, 3.8) is 0 Å². The summed E-state index contributed by atoms with van der Waals surface area (Å²) in [4.78, 5) is 30.5. The zero-order valence-electron chi connectivity index (χ0n) is 16.7. The molecule has 1 amide bonds. The number of hydrogen-bond donors (Lipinski definition) is 1. The molecule has 9 heteroatoms. The Morgan fingerprint density at radius 2 is 2.00 bits per heavy atom. The number of aliphatic imine (C=N–C) groups is 1. The van der Waals surface area contributed by atoms with Crippen molar-refractivity contribution >= 4 is 63.8 Å². The second-order valence-corrected chi connectivity index (χ2v) is 8.59. The fourth-order valence-electron chi connectivity index (χ4n) is 3.08. The van der Waals surface area contributed by atoms with Crippen molar-refractivity contribution in [2.45, 2.75) is 6.92 Å². The number of carbonyl (C=O) groups is 2. The van der Waals surface area contributed by atoms with Crippen LogP contribution in [0.4, 0.5) is 5.69 Å². The van der Waals surface area contributed by atoms with Gasteiger partial charge in [-0.15, -0.1) is 0 Å². The SMILES string of the molecule is CCN1C(=O)C(=Cc2ccc(-c3cc(Cl)ccc3Cl)o2)SC1=Nc1cccc(C(=O)O)c1. The minimum absolute atomic E-state index is 0.128. The van der Waals surface area contributed by atoms with Gasteiger partial charge in [0.2, 0.25) is 0 Å². The van der Waals surface area contributed by atoms with Gasteiger partial charge in [0.05, 0.1) is 21.2 Å². The van der Waals surface area contributed by atoms with Gasteiger partial charge in [-0.05, 0) is 67.2 Å². The average molecular weight is 487 g/mol. The first kappa shape index (κ1) is 22.2. The summed E-state index contributed by atoms with van der Waals surface area (Å²) in [6, 6.07) is 14.9. The first-order chi connectivity index (χ1) is 15.4. The highest BCUT2D eigenvalue weighted by atomic mass is 35.5. The summed E-state index contributed by atoms with van der Waals surface area (Å²) in [5.41, 5.74) is 1.24. The van der Waals surface area contributed by atoms with Crippen molar-refractivity contribution in [1.29, 1.82) is 0 Å². The predicted molar refractivity (Wildman–Crippen MR) is 128 cm³/mol. The van der Waals surface area contributed by atoms with E-state index < -0.39 is 5.97 Å². The number of amides is 1. The fraction of sp³-hybridized carbons (Fsp3) is 0.0870. The number of aromatic carboxylic acids is 1. The number of halogens is 2. The predicted octanol–water partition coefficient (Wildman–Crippen LogP) is 6.58. The molecule has 1 aliphatic heterocycles. The van der Waals surface area contributed by atoms with Crippen LogP contribution >= 0.6 is 35.0 Å². The van der Waals surface area contributed by atoms with E-state index in [4.69, 9.17) is 27.6 Å². The maximum atomic E-state index is 12.9. The van der Waals surface area contributed by atoms with Crippen LogP contribution in [0.25, 0.3) is 17.4 Å². The van der Waals surface area contributed by atoms with Gasteiger partial charge >= 0.3 is 5.97 Å². The Morgan fingerprint density at radius 1 is 1.19 bits per heavy atom. The van der Waals surface area contributed by atoms with Crippen LogP contribution < -0.4 is 0 Å². The Bertz CT molecular complexity index is 1280. The quantitative estimate of drug-likeness (QED) is 0.412. The van der Waals surface area contributed by atoms with Crippen LogP contribution in [0.3, 0.4) is 0 Å². The molecule has 0 bridgehead atoms. The average Bonchev–Trinajstić information content (AvgIpc) is 3.34. The molecular formula is C23H16Cl2N2O4S. The molecule has 3 aromatic rings. The Morgan fingerprint density at radius 3 is 2.75 bits per heavy atom. The molecule has 0 aliphatic carbocycles. The molecule has 1 aliphatic rings. The zero-order chi connectivity index (χ0) is 22.8. The normalized spacial score (nSPS) is 16.3. The van der Waals surface area contributed by atoms with Crippen LogP contribution in [0.2, 0.25) is 10.0 Å². The number of furan rings is 1. The van der Waals surface area contributed by atoms with Gasteiger partial charge in [-0.3, -0.25) is 9.69 Å². The molecule has 162 valence electrons. The molecule has 1 saturated heterocycles. The van der Waals surface area contributed by atoms with Crippen LogP contribution in [-0.4, -0.2) is 33.6 Å². The standard InChI is InChI=1S/C23H16Cl2N2O4S/c1-2-27-21(28)20(32-23(27)26-15-5-3-4-13(10-15)22(29)30)12-16-7-9-19(31-16)17-11-14(24)6-8-18(17)25/h3-12H,2H2,1H3,(H,29,30). The summed E-state index contributed by atoms with van der Waals surface area (Å²) in [5.74, 6) is -0.225. The lowest BCUT2D eigenvalue weighted by atomic mass is 10.2. The Labute approximate surface area is 198 Å². The lowest BCUT2D eigenvalue weighted by Crippen LogP contribution is -2.28. The van der Waals surface area contributed by atoms with Gasteiger partial charge in [0.25, 0.3) is 5.91 Å². The van der Waals surface area contributed by atoms with E-state index in [9.17, 15) is 14.7 Å². The van der Waals surface area contributed by atoms with Gasteiger partial charge in [-0.2, -0.15) is 0 Å². The van der Waals surface area contributed by atoms with E-state index in [-0.39, 0.29) is 11.5 Å². The van der Waals surface area contributed by atoms with E-state index in [1.165, 1.54) is 28.8 Å². The van der Waals surface area contributed by atoms with E-state index in [1.54, 1.807) is 48.5 Å². The number of benzene rings is 2. The molecule has 1 N–H and O–H groups in total. The Kier molecular flexibility index (Phi) is 6.41. The van der Waals surface area contributed by atoms with Crippen LogP contribution in [0.5, 0.6) is 0 Å². The fourth-order valence-corrected chi connectivity index (χ4v) is 4.51. The molecule has 1 fully saturated rings. The third-order valence-corrected chi connectivity index (χ3v) is 6.19. The van der Waals surface area contributed by atoms with Crippen molar-refractivity contribution < 1.29 is 19.1 Å². The number of thioether (sulfide) groups is 1. The lowest BCUT2D eigenvalue weighted by Gasteiger charge is -2.12. The largest absolute Gasteiger partial charge is 0.478 e. The first-order valence-corrected chi connectivity index (χ1v) is 11.1. The van der Waals surface area contributed by atoms with Gasteiger partial charge in [0.15, 0.2) is 5.17 Å². The Balaban J connectivity index is 1.63. The molecule has 32 heavy (non-hydrogen) atoms. The number of carboxylic acids is 1. The summed E-state index contributed by atoms with van der Waals surface area (Å²) in [5, 5.41) is 10.7. The molecule has 2 aromatic carbocycles. The molecule has 1 aromatic heterocycles. The topological polar surface area (TPSA) is 83.1 Å². The molecule has 0 saturated carbocycles. The molecule has 0 radical (unpaired) electrons. The smallest absolute Gasteiger partial charge is 0.335 e. The molecule has 4 rings (SSSR count). The highest BCUT2D eigenvalue weighted by Gasteiger charge is 2.32. The summed E-state index contributed by atoms with van der Waals surface area (Å²) in [6.45, 7) is 2.26. The Hall–Kier alpha value is -3.00. The van der Waals surface area contributed by atoms with Crippen LogP contribution in [-0.2, 0) is 4.79 Å². The number of likely N-dealkylation sites (N-methyl/N-ethyl adjacent to an activating group) is 1. The van der Waals surface area contributed by atoms with E-state index in [1.807, 2.05) is 6.92 Å². The van der Waals surface area contributed by atoms with Crippen LogP contribution in [0, 0.1) is 0 Å². The lowest BCUT2D eigenvalue weighted by molar-refractivity contribution is -0.122.